The zero-order valence-corrected chi connectivity index (χ0v) is 14.7. The van der Waals surface area contributed by atoms with E-state index >= 15 is 0 Å². The van der Waals surface area contributed by atoms with Gasteiger partial charge in [-0.25, -0.2) is 0 Å². The molecular formula is C20H23N5O. The molecular weight excluding hydrogens is 326 g/mol. The molecule has 0 bridgehead atoms. The molecule has 1 atom stereocenters. The number of nitrogens with one attached hydrogen (secondary N) is 1. The first-order valence-electron chi connectivity index (χ1n) is 9.05. The molecule has 0 amide bonds. The molecule has 6 heteroatoms. The van der Waals surface area contributed by atoms with Crippen LogP contribution in [0.2, 0.25) is 0 Å². The molecule has 0 spiro atoms. The van der Waals surface area contributed by atoms with E-state index in [2.05, 4.69) is 37.2 Å². The SMILES string of the molecule is c1ccc(OCc2ccncc2)c(CNC[C@H]2CCc3nncn3C2)c1. The lowest BCUT2D eigenvalue weighted by Gasteiger charge is -2.23. The minimum atomic E-state index is 0.554. The Morgan fingerprint density at radius 2 is 2.04 bits per heavy atom. The first kappa shape index (κ1) is 16.7. The smallest absolute Gasteiger partial charge is 0.132 e. The molecule has 1 aliphatic rings. The van der Waals surface area contributed by atoms with E-state index in [4.69, 9.17) is 4.74 Å². The first-order valence-corrected chi connectivity index (χ1v) is 9.05. The Bertz CT molecular complexity index is 833. The number of hydrogen-bond acceptors (Lipinski definition) is 5. The monoisotopic (exact) mass is 349 g/mol. The van der Waals surface area contributed by atoms with Gasteiger partial charge in [0.15, 0.2) is 0 Å². The van der Waals surface area contributed by atoms with Gasteiger partial charge < -0.3 is 14.6 Å². The number of fused-ring (bicyclic) bond motifs is 1. The minimum Gasteiger partial charge on any atom is -0.489 e. The van der Waals surface area contributed by atoms with Crippen LogP contribution in [0, 0.1) is 5.92 Å². The van der Waals surface area contributed by atoms with Gasteiger partial charge in [0.1, 0.15) is 24.5 Å². The van der Waals surface area contributed by atoms with Gasteiger partial charge in [0.25, 0.3) is 0 Å². The van der Waals surface area contributed by atoms with Gasteiger partial charge in [-0.3, -0.25) is 4.98 Å². The van der Waals surface area contributed by atoms with Crippen LogP contribution in [0.15, 0.2) is 55.1 Å². The Hall–Kier alpha value is -2.73. The summed E-state index contributed by atoms with van der Waals surface area (Å²) in [5.74, 6) is 2.65. The zero-order chi connectivity index (χ0) is 17.6. The Balaban J connectivity index is 1.30. The molecule has 1 N–H and O–H groups in total. The van der Waals surface area contributed by atoms with E-state index in [1.807, 2.05) is 30.6 Å². The zero-order valence-electron chi connectivity index (χ0n) is 14.7. The number of aryl methyl sites for hydroxylation is 1. The van der Waals surface area contributed by atoms with Gasteiger partial charge in [-0.15, -0.1) is 10.2 Å². The average molecular weight is 349 g/mol. The number of benzene rings is 1. The molecule has 4 rings (SSSR count). The van der Waals surface area contributed by atoms with Gasteiger partial charge in [0.05, 0.1) is 0 Å². The molecule has 0 unspecified atom stereocenters. The van der Waals surface area contributed by atoms with Crippen molar-refractivity contribution in [3.8, 4) is 5.75 Å². The second-order valence-electron chi connectivity index (χ2n) is 6.69. The second kappa shape index (κ2) is 8.10. The summed E-state index contributed by atoms with van der Waals surface area (Å²) in [6.45, 7) is 3.34. The third kappa shape index (κ3) is 4.08. The summed E-state index contributed by atoms with van der Waals surface area (Å²) < 4.78 is 8.18. The van der Waals surface area contributed by atoms with Crippen molar-refractivity contribution < 1.29 is 4.74 Å². The maximum Gasteiger partial charge on any atom is 0.132 e. The van der Waals surface area contributed by atoms with Crippen molar-refractivity contribution in [2.75, 3.05) is 6.54 Å². The number of nitrogens with zero attached hydrogens (tertiary/aromatic N) is 4. The summed E-state index contributed by atoms with van der Waals surface area (Å²) in [6, 6.07) is 12.2. The number of rotatable bonds is 7. The van der Waals surface area contributed by atoms with Crippen LogP contribution in [0.1, 0.15) is 23.4 Å². The standard InChI is InChI=1S/C20H23N5O/c1-2-4-19(26-14-16-7-9-21-10-8-16)18(3-1)12-22-11-17-5-6-20-24-23-15-25(20)13-17/h1-4,7-10,15,17,22H,5-6,11-14H2/t17-/m1/s1. The molecule has 3 aromatic rings. The van der Waals surface area contributed by atoms with E-state index in [1.165, 1.54) is 5.56 Å². The summed E-state index contributed by atoms with van der Waals surface area (Å²) in [7, 11) is 0. The van der Waals surface area contributed by atoms with Crippen LogP contribution in [0.5, 0.6) is 5.75 Å². The lowest BCUT2D eigenvalue weighted by atomic mass is 9.99. The number of pyridine rings is 1. The lowest BCUT2D eigenvalue weighted by molar-refractivity contribution is 0.300. The van der Waals surface area contributed by atoms with E-state index in [-0.39, 0.29) is 0 Å². The molecule has 0 saturated heterocycles. The fourth-order valence-corrected chi connectivity index (χ4v) is 3.34. The maximum absolute atomic E-state index is 6.01. The predicted octanol–water partition coefficient (Wildman–Crippen LogP) is 2.60. The fourth-order valence-electron chi connectivity index (χ4n) is 3.34. The van der Waals surface area contributed by atoms with Gasteiger partial charge in [0, 0.05) is 37.5 Å². The number of hydrogen-bond donors (Lipinski definition) is 1. The molecule has 6 nitrogen and oxygen atoms in total. The summed E-state index contributed by atoms with van der Waals surface area (Å²) in [6.07, 6.45) is 7.59. The van der Waals surface area contributed by atoms with Gasteiger partial charge in [-0.2, -0.15) is 0 Å². The maximum atomic E-state index is 6.01. The molecule has 0 fully saturated rings. The van der Waals surface area contributed by atoms with Crippen LogP contribution < -0.4 is 10.1 Å². The fraction of sp³-hybridized carbons (Fsp3) is 0.350. The molecule has 0 radical (unpaired) electrons. The van der Waals surface area contributed by atoms with Crippen LogP contribution >= 0.6 is 0 Å². The molecule has 1 aliphatic heterocycles. The third-order valence-electron chi connectivity index (χ3n) is 4.79. The Morgan fingerprint density at radius 1 is 1.15 bits per heavy atom. The summed E-state index contributed by atoms with van der Waals surface area (Å²) in [5, 5.41) is 11.7. The second-order valence-corrected chi connectivity index (χ2v) is 6.69. The predicted molar refractivity (Wildman–Crippen MR) is 98.6 cm³/mol. The van der Waals surface area contributed by atoms with E-state index in [0.717, 1.165) is 49.6 Å². The molecule has 0 aliphatic carbocycles. The molecule has 26 heavy (non-hydrogen) atoms. The van der Waals surface area contributed by atoms with Gasteiger partial charge in [-0.05, 0) is 42.6 Å². The Labute approximate surface area is 153 Å². The van der Waals surface area contributed by atoms with Crippen LogP contribution in [0.25, 0.3) is 0 Å². The quantitative estimate of drug-likeness (QED) is 0.710. The van der Waals surface area contributed by atoms with Gasteiger partial charge in [-0.1, -0.05) is 18.2 Å². The number of para-hydroxylation sites is 1. The average Bonchev–Trinajstić information content (AvgIpc) is 3.16. The first-order chi connectivity index (χ1) is 12.9. The van der Waals surface area contributed by atoms with Crippen LogP contribution in [-0.2, 0) is 26.1 Å². The van der Waals surface area contributed by atoms with E-state index in [0.29, 0.717) is 12.5 Å². The lowest BCUT2D eigenvalue weighted by Crippen LogP contribution is -2.29. The highest BCUT2D eigenvalue weighted by Crippen LogP contribution is 2.20. The third-order valence-corrected chi connectivity index (χ3v) is 4.79. The van der Waals surface area contributed by atoms with Crippen molar-refractivity contribution in [2.24, 2.45) is 5.92 Å². The van der Waals surface area contributed by atoms with Crippen LogP contribution in [0.4, 0.5) is 0 Å². The van der Waals surface area contributed by atoms with Gasteiger partial charge in [0.2, 0.25) is 0 Å². The van der Waals surface area contributed by atoms with Crippen LogP contribution in [0.3, 0.4) is 0 Å². The molecule has 1 aromatic carbocycles. The topological polar surface area (TPSA) is 64.9 Å². The molecule has 134 valence electrons. The number of aromatic nitrogens is 4. The van der Waals surface area contributed by atoms with Crippen molar-refractivity contribution >= 4 is 0 Å². The minimum absolute atomic E-state index is 0.554. The molecule has 2 aromatic heterocycles. The van der Waals surface area contributed by atoms with Gasteiger partial charge >= 0.3 is 0 Å². The van der Waals surface area contributed by atoms with E-state index in [9.17, 15) is 0 Å². The number of ether oxygens (including phenoxy) is 1. The van der Waals surface area contributed by atoms with Crippen LogP contribution in [-0.4, -0.2) is 26.3 Å². The van der Waals surface area contributed by atoms with E-state index < -0.39 is 0 Å². The molecule has 0 saturated carbocycles. The summed E-state index contributed by atoms with van der Waals surface area (Å²) >= 11 is 0. The van der Waals surface area contributed by atoms with Crippen molar-refractivity contribution in [1.82, 2.24) is 25.1 Å². The van der Waals surface area contributed by atoms with Crippen molar-refractivity contribution in [3.05, 3.63) is 72.1 Å². The Morgan fingerprint density at radius 3 is 2.96 bits per heavy atom. The van der Waals surface area contributed by atoms with Crippen molar-refractivity contribution in [3.63, 3.8) is 0 Å². The summed E-state index contributed by atoms with van der Waals surface area (Å²) in [5.41, 5.74) is 2.30. The van der Waals surface area contributed by atoms with Crippen molar-refractivity contribution in [1.29, 1.82) is 0 Å². The Kier molecular flexibility index (Phi) is 5.21. The van der Waals surface area contributed by atoms with E-state index in [1.54, 1.807) is 12.4 Å². The highest BCUT2D eigenvalue weighted by atomic mass is 16.5. The largest absolute Gasteiger partial charge is 0.489 e. The summed E-state index contributed by atoms with van der Waals surface area (Å²) in [4.78, 5) is 4.04. The molecule has 3 heterocycles. The highest BCUT2D eigenvalue weighted by Gasteiger charge is 2.19. The van der Waals surface area contributed by atoms with Crippen molar-refractivity contribution in [2.45, 2.75) is 32.5 Å². The highest BCUT2D eigenvalue weighted by molar-refractivity contribution is 5.33. The normalized spacial score (nSPS) is 16.2.